The summed E-state index contributed by atoms with van der Waals surface area (Å²) in [6, 6.07) is 58.1. The first kappa shape index (κ1) is 27.8. The summed E-state index contributed by atoms with van der Waals surface area (Å²) in [4.78, 5) is 15.7. The summed E-state index contributed by atoms with van der Waals surface area (Å²) in [5.41, 5.74) is 5.31. The van der Waals surface area contributed by atoms with Crippen molar-refractivity contribution in [1.82, 2.24) is 15.0 Å². The summed E-state index contributed by atoms with van der Waals surface area (Å²) in [6.07, 6.45) is 0. The molecule has 0 saturated heterocycles. The van der Waals surface area contributed by atoms with Gasteiger partial charge in [-0.05, 0) is 73.8 Å². The Hall–Kier alpha value is -6.23. The lowest BCUT2D eigenvalue weighted by Gasteiger charge is -2.12. The predicted octanol–water partition coefficient (Wildman–Crippen LogP) is 12.4. The molecule has 0 fully saturated rings. The molecule has 2 aromatic heterocycles. The van der Waals surface area contributed by atoms with Crippen LogP contribution in [0.4, 0.5) is 0 Å². The molecule has 0 radical (unpaired) electrons. The number of hydrogen-bond acceptors (Lipinski definition) is 4. The lowest BCUT2D eigenvalue weighted by molar-refractivity contribution is 1.08. The van der Waals surface area contributed by atoms with Crippen molar-refractivity contribution in [2.45, 2.75) is 0 Å². The number of fused-ring (bicyclic) bond motifs is 7. The van der Waals surface area contributed by atoms with Crippen LogP contribution >= 0.6 is 11.3 Å². The third kappa shape index (κ3) is 4.76. The van der Waals surface area contributed by atoms with Crippen LogP contribution in [0.25, 0.3) is 97.8 Å². The van der Waals surface area contributed by atoms with E-state index in [9.17, 15) is 0 Å². The molecule has 10 rings (SSSR count). The molecule has 3 nitrogen and oxygen atoms in total. The molecule has 0 aliphatic heterocycles. The van der Waals surface area contributed by atoms with Gasteiger partial charge in [0.05, 0.1) is 0 Å². The highest BCUT2D eigenvalue weighted by atomic mass is 32.1. The van der Waals surface area contributed by atoms with Crippen LogP contribution in [-0.4, -0.2) is 15.0 Å². The number of thiophene rings is 1. The molecule has 4 heteroatoms. The Kier molecular flexibility index (Phi) is 6.36. The Bertz CT molecular complexity index is 2790. The molecule has 0 N–H and O–H groups in total. The summed E-state index contributed by atoms with van der Waals surface area (Å²) in [5, 5.41) is 9.47. The fraction of sp³-hybridized carbons (Fsp3) is 0. The second-order valence-corrected chi connectivity index (χ2v) is 13.5. The van der Waals surface area contributed by atoms with Crippen LogP contribution in [0.1, 0.15) is 0 Å². The minimum Gasteiger partial charge on any atom is -0.208 e. The van der Waals surface area contributed by atoms with E-state index >= 15 is 0 Å². The molecule has 10 aromatic rings. The number of nitrogens with zero attached hydrogens (tertiary/aromatic N) is 3. The van der Waals surface area contributed by atoms with Gasteiger partial charge in [-0.3, -0.25) is 0 Å². The van der Waals surface area contributed by atoms with Crippen molar-refractivity contribution in [1.29, 1.82) is 0 Å². The van der Waals surface area contributed by atoms with E-state index in [-0.39, 0.29) is 0 Å². The van der Waals surface area contributed by atoms with E-state index in [1.807, 2.05) is 11.3 Å². The highest BCUT2D eigenvalue weighted by Gasteiger charge is 2.20. The van der Waals surface area contributed by atoms with Gasteiger partial charge in [0, 0.05) is 36.9 Å². The molecule has 0 atom stereocenters. The Morgan fingerprint density at radius 1 is 0.347 bits per heavy atom. The standard InChI is InChI=1S/C45H27N3S/c1-2-10-28(11-3-1)33-22-23-37-36(26-33)27-39(41-38-16-8-9-17-40(38)49-42(37)41)45-47-43(34-20-18-29-12-4-6-14-31(29)24-34)46-44(48-45)35-21-19-30-13-5-7-15-32(30)25-35/h1-27H. The minimum atomic E-state index is 0.657. The maximum atomic E-state index is 5.27. The smallest absolute Gasteiger partial charge is 0.164 e. The van der Waals surface area contributed by atoms with E-state index in [1.165, 1.54) is 47.5 Å². The molecule has 0 unspecified atom stereocenters. The number of rotatable bonds is 4. The largest absolute Gasteiger partial charge is 0.208 e. The van der Waals surface area contributed by atoms with Crippen molar-refractivity contribution in [3.05, 3.63) is 164 Å². The van der Waals surface area contributed by atoms with Gasteiger partial charge in [-0.2, -0.15) is 0 Å². The number of aromatic nitrogens is 3. The summed E-state index contributed by atoms with van der Waals surface area (Å²) in [7, 11) is 0. The Morgan fingerprint density at radius 2 is 0.898 bits per heavy atom. The van der Waals surface area contributed by atoms with Crippen LogP contribution < -0.4 is 0 Å². The van der Waals surface area contributed by atoms with Crippen molar-refractivity contribution in [3.63, 3.8) is 0 Å². The average molecular weight is 642 g/mol. The highest BCUT2D eigenvalue weighted by molar-refractivity contribution is 7.26. The molecular weight excluding hydrogens is 615 g/mol. The quantitative estimate of drug-likeness (QED) is 0.192. The molecule has 0 amide bonds. The first-order chi connectivity index (χ1) is 24.2. The van der Waals surface area contributed by atoms with E-state index in [4.69, 9.17) is 15.0 Å². The van der Waals surface area contributed by atoms with Crippen molar-refractivity contribution < 1.29 is 0 Å². The van der Waals surface area contributed by atoms with Crippen LogP contribution in [0.2, 0.25) is 0 Å². The van der Waals surface area contributed by atoms with Crippen LogP contribution in [0, 0.1) is 0 Å². The zero-order chi connectivity index (χ0) is 32.3. The monoisotopic (exact) mass is 641 g/mol. The second kappa shape index (κ2) is 11.2. The van der Waals surface area contributed by atoms with Gasteiger partial charge < -0.3 is 0 Å². The van der Waals surface area contributed by atoms with E-state index in [1.54, 1.807) is 0 Å². The van der Waals surface area contributed by atoms with Crippen LogP contribution in [-0.2, 0) is 0 Å². The molecule has 8 aromatic carbocycles. The van der Waals surface area contributed by atoms with E-state index in [0.717, 1.165) is 32.8 Å². The summed E-state index contributed by atoms with van der Waals surface area (Å²) >= 11 is 1.83. The first-order valence-electron chi connectivity index (χ1n) is 16.4. The van der Waals surface area contributed by atoms with Crippen molar-refractivity contribution in [2.75, 3.05) is 0 Å². The predicted molar refractivity (Wildman–Crippen MR) is 207 cm³/mol. The van der Waals surface area contributed by atoms with E-state index in [0.29, 0.717) is 17.5 Å². The average Bonchev–Trinajstić information content (AvgIpc) is 3.57. The van der Waals surface area contributed by atoms with Gasteiger partial charge in [0.1, 0.15) is 0 Å². The van der Waals surface area contributed by atoms with Crippen molar-refractivity contribution >= 4 is 63.8 Å². The fourth-order valence-electron chi connectivity index (χ4n) is 7.02. The zero-order valence-electron chi connectivity index (χ0n) is 26.3. The lowest BCUT2D eigenvalue weighted by atomic mass is 9.96. The zero-order valence-corrected chi connectivity index (χ0v) is 27.2. The van der Waals surface area contributed by atoms with Crippen molar-refractivity contribution in [3.8, 4) is 45.3 Å². The fourth-order valence-corrected chi connectivity index (χ4v) is 8.28. The Morgan fingerprint density at radius 3 is 1.59 bits per heavy atom. The molecule has 0 aliphatic rings. The Labute approximate surface area is 286 Å². The third-order valence-corrected chi connectivity index (χ3v) is 10.7. The molecule has 228 valence electrons. The van der Waals surface area contributed by atoms with Gasteiger partial charge in [-0.1, -0.05) is 133 Å². The van der Waals surface area contributed by atoms with Crippen molar-refractivity contribution in [2.24, 2.45) is 0 Å². The SMILES string of the molecule is c1ccc(-c2ccc3c(c2)cc(-c2nc(-c4ccc5ccccc5c4)nc(-c4ccc5ccccc5c4)n2)c2c4ccccc4sc32)cc1. The van der Waals surface area contributed by atoms with E-state index < -0.39 is 0 Å². The Balaban J connectivity index is 1.27. The van der Waals surface area contributed by atoms with Gasteiger partial charge in [0.2, 0.25) is 0 Å². The maximum absolute atomic E-state index is 5.27. The molecular formula is C45H27N3S. The topological polar surface area (TPSA) is 38.7 Å². The second-order valence-electron chi connectivity index (χ2n) is 12.5. The molecule has 0 spiro atoms. The van der Waals surface area contributed by atoms with Crippen LogP contribution in [0.3, 0.4) is 0 Å². The third-order valence-electron chi connectivity index (χ3n) is 9.46. The highest BCUT2D eigenvalue weighted by Crippen LogP contribution is 2.44. The summed E-state index contributed by atoms with van der Waals surface area (Å²) in [6.45, 7) is 0. The van der Waals surface area contributed by atoms with Gasteiger partial charge in [-0.15, -0.1) is 11.3 Å². The molecule has 49 heavy (non-hydrogen) atoms. The first-order valence-corrected chi connectivity index (χ1v) is 17.3. The molecule has 0 bridgehead atoms. The molecule has 0 aliphatic carbocycles. The summed E-state index contributed by atoms with van der Waals surface area (Å²) < 4.78 is 2.49. The summed E-state index contributed by atoms with van der Waals surface area (Å²) in [5.74, 6) is 1.98. The minimum absolute atomic E-state index is 0.657. The number of benzene rings is 8. The lowest BCUT2D eigenvalue weighted by Crippen LogP contribution is -2.00. The van der Waals surface area contributed by atoms with Gasteiger partial charge in [0.15, 0.2) is 17.5 Å². The van der Waals surface area contributed by atoms with Crippen LogP contribution in [0.15, 0.2) is 164 Å². The van der Waals surface area contributed by atoms with Gasteiger partial charge >= 0.3 is 0 Å². The van der Waals surface area contributed by atoms with E-state index in [2.05, 4.69) is 164 Å². The molecule has 2 heterocycles. The number of hydrogen-bond donors (Lipinski definition) is 0. The maximum Gasteiger partial charge on any atom is 0.164 e. The van der Waals surface area contributed by atoms with Gasteiger partial charge in [-0.25, -0.2) is 15.0 Å². The van der Waals surface area contributed by atoms with Crippen LogP contribution in [0.5, 0.6) is 0 Å². The molecule has 0 saturated carbocycles. The normalized spacial score (nSPS) is 11.7. The van der Waals surface area contributed by atoms with Gasteiger partial charge in [0.25, 0.3) is 0 Å².